The number of hydrogen-bond acceptors (Lipinski definition) is 8. The third-order valence-electron chi connectivity index (χ3n) is 4.53. The van der Waals surface area contributed by atoms with Crippen molar-refractivity contribution in [2.45, 2.75) is 26.3 Å². The summed E-state index contributed by atoms with van der Waals surface area (Å²) >= 11 is 0. The molecule has 2 aromatic rings. The van der Waals surface area contributed by atoms with Crippen LogP contribution in [0.1, 0.15) is 36.7 Å². The lowest BCUT2D eigenvalue weighted by Crippen LogP contribution is -2.28. The van der Waals surface area contributed by atoms with Crippen LogP contribution in [0.3, 0.4) is 0 Å². The molecule has 146 valence electrons. The highest BCUT2D eigenvalue weighted by molar-refractivity contribution is 5.98. The number of allylic oxidation sites excluding steroid dienone is 1. The Morgan fingerprint density at radius 3 is 2.62 bits per heavy atom. The van der Waals surface area contributed by atoms with Crippen LogP contribution in [0.2, 0.25) is 0 Å². The molecule has 0 saturated carbocycles. The van der Waals surface area contributed by atoms with E-state index in [1.54, 1.807) is 13.8 Å². The van der Waals surface area contributed by atoms with Crippen molar-refractivity contribution in [2.24, 2.45) is 0 Å². The Morgan fingerprint density at radius 1 is 1.38 bits per heavy atom. The van der Waals surface area contributed by atoms with Gasteiger partial charge in [0.25, 0.3) is 5.69 Å². The molecule has 0 aliphatic carbocycles. The number of rotatable bonds is 5. The fourth-order valence-corrected chi connectivity index (χ4v) is 3.20. The number of nitrogens with zero attached hydrogens (tertiary/aromatic N) is 5. The van der Waals surface area contributed by atoms with E-state index in [-0.39, 0.29) is 29.9 Å². The van der Waals surface area contributed by atoms with E-state index in [4.69, 9.17) is 10.00 Å². The second-order valence-electron chi connectivity index (χ2n) is 6.17. The highest BCUT2D eigenvalue weighted by Crippen LogP contribution is 2.39. The normalized spacial score (nSPS) is 15.0. The van der Waals surface area contributed by atoms with Gasteiger partial charge >= 0.3 is 5.97 Å². The quantitative estimate of drug-likeness (QED) is 0.464. The van der Waals surface area contributed by atoms with Crippen LogP contribution in [-0.2, 0) is 16.0 Å². The number of anilines is 1. The largest absolute Gasteiger partial charge is 0.463 e. The van der Waals surface area contributed by atoms with Crippen LogP contribution in [-0.4, -0.2) is 27.3 Å². The minimum atomic E-state index is -0.707. The second-order valence-corrected chi connectivity index (χ2v) is 6.17. The van der Waals surface area contributed by atoms with Gasteiger partial charge in [-0.05, 0) is 31.5 Å². The highest BCUT2D eigenvalue weighted by Gasteiger charge is 2.35. The van der Waals surface area contributed by atoms with Crippen LogP contribution >= 0.6 is 0 Å². The summed E-state index contributed by atoms with van der Waals surface area (Å²) in [5.41, 5.74) is 1.72. The van der Waals surface area contributed by atoms with Gasteiger partial charge < -0.3 is 10.1 Å². The predicted octanol–water partition coefficient (Wildman–Crippen LogP) is 2.69. The Hall–Kier alpha value is -4.18. The topological polar surface area (TPSA) is 147 Å². The van der Waals surface area contributed by atoms with E-state index in [9.17, 15) is 20.2 Å². The van der Waals surface area contributed by atoms with Crippen LogP contribution < -0.4 is 5.32 Å². The Kier molecular flexibility index (Phi) is 5.28. The fourth-order valence-electron chi connectivity index (χ4n) is 3.20. The van der Waals surface area contributed by atoms with Crippen LogP contribution in [0.25, 0.3) is 5.70 Å². The molecular formula is C19H16N6O4. The molecule has 1 atom stereocenters. The maximum atomic E-state index is 12.7. The van der Waals surface area contributed by atoms with E-state index >= 15 is 0 Å². The number of fused-ring (bicyclic) bond motifs is 1. The van der Waals surface area contributed by atoms with Crippen molar-refractivity contribution >= 4 is 23.2 Å². The first-order chi connectivity index (χ1) is 13.9. The van der Waals surface area contributed by atoms with E-state index in [0.29, 0.717) is 22.8 Å². The van der Waals surface area contributed by atoms with E-state index in [0.717, 1.165) is 0 Å². The molecule has 3 rings (SSSR count). The number of carbonyl (C=O) groups is 1. The average molecular weight is 392 g/mol. The minimum absolute atomic E-state index is 0.0607. The fraction of sp³-hybridized carbons (Fsp3) is 0.263. The minimum Gasteiger partial charge on any atom is -0.463 e. The molecule has 10 heteroatoms. The summed E-state index contributed by atoms with van der Waals surface area (Å²) in [5, 5.41) is 36.9. The maximum Gasteiger partial charge on any atom is 0.338 e. The van der Waals surface area contributed by atoms with E-state index in [1.807, 2.05) is 12.1 Å². The number of ether oxygens (including phenoxy) is 1. The third kappa shape index (κ3) is 3.39. The molecule has 1 aromatic carbocycles. The zero-order chi connectivity index (χ0) is 21.1. The molecule has 0 fully saturated rings. The lowest BCUT2D eigenvalue weighted by atomic mass is 9.95. The van der Waals surface area contributed by atoms with Crippen LogP contribution in [0.15, 0.2) is 29.8 Å². The molecule has 1 aromatic heterocycles. The maximum absolute atomic E-state index is 12.7. The van der Waals surface area contributed by atoms with Gasteiger partial charge in [-0.25, -0.2) is 9.48 Å². The number of nitriles is 2. The first-order valence-electron chi connectivity index (χ1n) is 8.71. The molecule has 1 aliphatic rings. The van der Waals surface area contributed by atoms with Gasteiger partial charge in [-0.2, -0.15) is 15.6 Å². The molecule has 1 aliphatic heterocycles. The van der Waals surface area contributed by atoms with Gasteiger partial charge in [0, 0.05) is 12.1 Å². The summed E-state index contributed by atoms with van der Waals surface area (Å²) < 4.78 is 6.60. The van der Waals surface area contributed by atoms with E-state index in [2.05, 4.69) is 10.4 Å². The summed E-state index contributed by atoms with van der Waals surface area (Å²) in [6, 6.07) is 9.07. The Balaban J connectivity index is 2.18. The number of nitro benzene ring substituents is 1. The molecule has 0 spiro atoms. The van der Waals surface area contributed by atoms with Crippen LogP contribution in [0.5, 0.6) is 0 Å². The molecule has 2 heterocycles. The van der Waals surface area contributed by atoms with Crippen molar-refractivity contribution in [2.75, 3.05) is 11.9 Å². The summed E-state index contributed by atoms with van der Waals surface area (Å²) in [5.74, 6) is -0.214. The van der Waals surface area contributed by atoms with Crippen LogP contribution in [0.4, 0.5) is 11.5 Å². The lowest BCUT2D eigenvalue weighted by Gasteiger charge is -2.29. The van der Waals surface area contributed by atoms with Gasteiger partial charge in [-0.1, -0.05) is 0 Å². The van der Waals surface area contributed by atoms with Crippen molar-refractivity contribution in [1.29, 1.82) is 10.5 Å². The van der Waals surface area contributed by atoms with Crippen molar-refractivity contribution in [3.63, 3.8) is 0 Å². The van der Waals surface area contributed by atoms with Gasteiger partial charge in [-0.15, -0.1) is 0 Å². The Bertz CT molecular complexity index is 1100. The van der Waals surface area contributed by atoms with Crippen molar-refractivity contribution in [1.82, 2.24) is 9.78 Å². The summed E-state index contributed by atoms with van der Waals surface area (Å²) in [6.45, 7) is 3.51. The number of non-ortho nitro benzene ring substituents is 1. The highest BCUT2D eigenvalue weighted by atomic mass is 16.6. The Labute approximate surface area is 165 Å². The van der Waals surface area contributed by atoms with Gasteiger partial charge in [0.2, 0.25) is 0 Å². The number of carbonyl (C=O) groups excluding carboxylic acids is 1. The second kappa shape index (κ2) is 7.82. The number of aromatic nitrogens is 2. The zero-order valence-corrected chi connectivity index (χ0v) is 15.7. The number of benzene rings is 1. The molecule has 0 bridgehead atoms. The molecule has 29 heavy (non-hydrogen) atoms. The smallest absolute Gasteiger partial charge is 0.338 e. The molecule has 0 saturated heterocycles. The molecule has 1 unspecified atom stereocenters. The van der Waals surface area contributed by atoms with Gasteiger partial charge in [0.1, 0.15) is 17.5 Å². The summed E-state index contributed by atoms with van der Waals surface area (Å²) in [6.07, 6.45) is -0.0607. The van der Waals surface area contributed by atoms with Gasteiger partial charge in [0.05, 0.1) is 47.0 Å². The van der Waals surface area contributed by atoms with E-state index < -0.39 is 16.9 Å². The standard InChI is InChI=1S/C19H16N6O4/c1-3-29-19(26)16-11(2)24-18(14(10-21)15(23-24)8-9-20)22-17(16)12-4-6-13(7-5-12)25(27)28/h4-7,17,22H,3,8H2,1-2H3. The average Bonchev–Trinajstić information content (AvgIpc) is 3.06. The first kappa shape index (κ1) is 19.6. The summed E-state index contributed by atoms with van der Waals surface area (Å²) in [4.78, 5) is 23.1. The number of nitro groups is 1. The SMILES string of the molecule is CCOC(=O)C1=C(C)n2nc(CC#N)c(C#N)c2NC1c1ccc([N+](=O)[O-])cc1. The van der Waals surface area contributed by atoms with Crippen molar-refractivity contribution in [3.8, 4) is 12.1 Å². The molecule has 0 amide bonds. The molecule has 0 radical (unpaired) electrons. The van der Waals surface area contributed by atoms with E-state index in [1.165, 1.54) is 28.9 Å². The molecule has 1 N–H and O–H groups in total. The monoisotopic (exact) mass is 392 g/mol. The predicted molar refractivity (Wildman–Crippen MR) is 101 cm³/mol. The van der Waals surface area contributed by atoms with Crippen LogP contribution in [0, 0.1) is 32.8 Å². The molecular weight excluding hydrogens is 376 g/mol. The van der Waals surface area contributed by atoms with Crippen molar-refractivity contribution in [3.05, 3.63) is 56.8 Å². The number of nitrogens with one attached hydrogen (secondary N) is 1. The number of esters is 1. The summed E-state index contributed by atoms with van der Waals surface area (Å²) in [7, 11) is 0. The number of hydrogen-bond donors (Lipinski definition) is 1. The zero-order valence-electron chi connectivity index (χ0n) is 15.7. The molecule has 10 nitrogen and oxygen atoms in total. The third-order valence-corrected chi connectivity index (χ3v) is 4.53. The lowest BCUT2D eigenvalue weighted by molar-refractivity contribution is -0.384. The van der Waals surface area contributed by atoms with Gasteiger partial charge in [0.15, 0.2) is 0 Å². The first-order valence-corrected chi connectivity index (χ1v) is 8.71. The Morgan fingerprint density at radius 2 is 2.07 bits per heavy atom. The van der Waals surface area contributed by atoms with Gasteiger partial charge in [-0.3, -0.25) is 10.1 Å². The van der Waals surface area contributed by atoms with Crippen molar-refractivity contribution < 1.29 is 14.5 Å².